The summed E-state index contributed by atoms with van der Waals surface area (Å²) in [7, 11) is 1.94. The Morgan fingerprint density at radius 1 is 1.29 bits per heavy atom. The van der Waals surface area contributed by atoms with E-state index in [1.54, 1.807) is 13.0 Å². The van der Waals surface area contributed by atoms with Crippen LogP contribution >= 0.6 is 31.9 Å². The molecule has 0 saturated carbocycles. The highest BCUT2D eigenvalue weighted by molar-refractivity contribution is 9.13. The molecule has 8 heteroatoms. The van der Waals surface area contributed by atoms with Crippen LogP contribution in [0.1, 0.15) is 11.1 Å². The summed E-state index contributed by atoms with van der Waals surface area (Å²) < 4.78 is 15.2. The van der Waals surface area contributed by atoms with Crippen LogP contribution < -0.4 is 15.5 Å². The molecule has 1 fully saturated rings. The molecule has 3 rings (SSSR count). The minimum Gasteiger partial charge on any atom is -0.480 e. The Bertz CT molecular complexity index is 820. The smallest absolute Gasteiger partial charge is 0.327 e. The van der Waals surface area contributed by atoms with Gasteiger partial charge in [-0.1, -0.05) is 6.07 Å². The number of halogens is 3. The van der Waals surface area contributed by atoms with Gasteiger partial charge in [-0.05, 0) is 87.3 Å². The van der Waals surface area contributed by atoms with E-state index < -0.39 is 12.0 Å². The predicted molar refractivity (Wildman–Crippen MR) is 117 cm³/mol. The summed E-state index contributed by atoms with van der Waals surface area (Å²) in [5.41, 5.74) is 2.83. The number of carboxylic acid groups (broad SMARTS) is 1. The van der Waals surface area contributed by atoms with Crippen molar-refractivity contribution >= 4 is 43.5 Å². The van der Waals surface area contributed by atoms with Crippen molar-refractivity contribution in [3.63, 3.8) is 0 Å². The van der Waals surface area contributed by atoms with Gasteiger partial charge in [0.15, 0.2) is 0 Å². The van der Waals surface area contributed by atoms with E-state index in [0.717, 1.165) is 33.3 Å². The molecule has 0 bridgehead atoms. The molecule has 0 aromatic heterocycles. The molecule has 28 heavy (non-hydrogen) atoms. The zero-order chi connectivity index (χ0) is 20.7. The second kappa shape index (κ2) is 10.9. The number of benzene rings is 2. The van der Waals surface area contributed by atoms with Gasteiger partial charge in [-0.2, -0.15) is 0 Å². The Morgan fingerprint density at radius 2 is 2.04 bits per heavy atom. The molecular weight excluding hydrogens is 493 g/mol. The Hall–Kier alpha value is -1.48. The van der Waals surface area contributed by atoms with E-state index in [9.17, 15) is 9.18 Å². The summed E-state index contributed by atoms with van der Waals surface area (Å²) in [4.78, 5) is 13.0. The Morgan fingerprint density at radius 3 is 2.64 bits per heavy atom. The van der Waals surface area contributed by atoms with Crippen LogP contribution in [-0.2, 0) is 11.3 Å². The fraction of sp³-hybridized carbons (Fsp3) is 0.350. The molecule has 1 aliphatic heterocycles. The molecule has 3 N–H and O–H groups in total. The third-order valence-corrected chi connectivity index (χ3v) is 6.24. The quantitative estimate of drug-likeness (QED) is 0.574. The molecule has 1 unspecified atom stereocenters. The van der Waals surface area contributed by atoms with Crippen molar-refractivity contribution in [3.8, 4) is 0 Å². The molecule has 1 atom stereocenters. The Balaban J connectivity index is 0.000000221. The fourth-order valence-corrected chi connectivity index (χ4v) is 3.68. The molecule has 152 valence electrons. The van der Waals surface area contributed by atoms with Gasteiger partial charge in [-0.15, -0.1) is 0 Å². The summed E-state index contributed by atoms with van der Waals surface area (Å²) in [6.07, 6.45) is 0. The number of hydrogen-bond acceptors (Lipinski definition) is 4. The van der Waals surface area contributed by atoms with Gasteiger partial charge in [0.2, 0.25) is 0 Å². The average molecular weight is 517 g/mol. The number of piperazine rings is 1. The monoisotopic (exact) mass is 515 g/mol. The lowest BCUT2D eigenvalue weighted by Crippen LogP contribution is -2.55. The lowest BCUT2D eigenvalue weighted by molar-refractivity contribution is -0.138. The standard InChI is InChI=1S/C12H15FN2O2.C8H9Br2N/c1-8-6-9(13)2-3-10(8)15-5-4-14-7-11(15)12(16)17;1-11-5-6-2-3-7(9)8(10)4-6/h2-3,6,11,14H,4-5,7H2,1H3,(H,16,17);2-4,11H,5H2,1H3. The maximum atomic E-state index is 13.0. The molecule has 2 aromatic rings. The van der Waals surface area contributed by atoms with E-state index in [4.69, 9.17) is 5.11 Å². The van der Waals surface area contributed by atoms with E-state index in [2.05, 4.69) is 54.6 Å². The Labute approximate surface area is 181 Å². The largest absolute Gasteiger partial charge is 0.480 e. The van der Waals surface area contributed by atoms with Gasteiger partial charge < -0.3 is 20.6 Å². The molecule has 0 radical (unpaired) electrons. The highest BCUT2D eigenvalue weighted by Gasteiger charge is 2.29. The van der Waals surface area contributed by atoms with Crippen molar-refractivity contribution in [1.29, 1.82) is 0 Å². The summed E-state index contributed by atoms with van der Waals surface area (Å²) in [5, 5.41) is 15.3. The normalized spacial score (nSPS) is 16.3. The van der Waals surface area contributed by atoms with Gasteiger partial charge in [-0.3, -0.25) is 0 Å². The average Bonchev–Trinajstić information content (AvgIpc) is 2.65. The number of hydrogen-bond donors (Lipinski definition) is 3. The number of aliphatic carboxylic acids is 1. The highest BCUT2D eigenvalue weighted by Crippen LogP contribution is 2.24. The topological polar surface area (TPSA) is 64.6 Å². The minimum atomic E-state index is -0.860. The predicted octanol–water partition coefficient (Wildman–Crippen LogP) is 3.93. The summed E-state index contributed by atoms with van der Waals surface area (Å²) >= 11 is 6.85. The lowest BCUT2D eigenvalue weighted by atomic mass is 10.1. The van der Waals surface area contributed by atoms with E-state index in [1.165, 1.54) is 17.7 Å². The number of rotatable bonds is 4. The van der Waals surface area contributed by atoms with Crippen molar-refractivity contribution in [2.24, 2.45) is 0 Å². The van der Waals surface area contributed by atoms with Crippen molar-refractivity contribution in [1.82, 2.24) is 10.6 Å². The van der Waals surface area contributed by atoms with Crippen molar-refractivity contribution in [2.45, 2.75) is 19.5 Å². The molecule has 1 aliphatic rings. The van der Waals surface area contributed by atoms with Crippen LogP contribution in [0.4, 0.5) is 10.1 Å². The third kappa shape index (κ3) is 6.27. The first-order valence-electron chi connectivity index (χ1n) is 8.88. The van der Waals surface area contributed by atoms with E-state index >= 15 is 0 Å². The van der Waals surface area contributed by atoms with Gasteiger partial charge in [0.25, 0.3) is 0 Å². The van der Waals surface area contributed by atoms with Crippen LogP contribution in [0.25, 0.3) is 0 Å². The highest BCUT2D eigenvalue weighted by atomic mass is 79.9. The van der Waals surface area contributed by atoms with E-state index in [-0.39, 0.29) is 5.82 Å². The SMILES string of the molecule is CNCc1ccc(Br)c(Br)c1.Cc1cc(F)ccc1N1CCNCC1C(=O)O. The van der Waals surface area contributed by atoms with E-state index in [1.807, 2.05) is 18.0 Å². The van der Waals surface area contributed by atoms with E-state index in [0.29, 0.717) is 13.1 Å². The van der Waals surface area contributed by atoms with Gasteiger partial charge in [0.05, 0.1) is 0 Å². The summed E-state index contributed by atoms with van der Waals surface area (Å²) in [6, 6.07) is 10.1. The van der Waals surface area contributed by atoms with Crippen LogP contribution in [-0.4, -0.2) is 43.8 Å². The molecule has 5 nitrogen and oxygen atoms in total. The number of nitrogens with zero attached hydrogens (tertiary/aromatic N) is 1. The number of nitrogens with one attached hydrogen (secondary N) is 2. The second-order valence-electron chi connectivity index (χ2n) is 6.46. The maximum absolute atomic E-state index is 13.0. The Kier molecular flexibility index (Phi) is 8.88. The molecule has 1 heterocycles. The van der Waals surface area contributed by atoms with Gasteiger partial charge in [-0.25, -0.2) is 9.18 Å². The molecule has 1 saturated heterocycles. The van der Waals surface area contributed by atoms with Gasteiger partial charge in [0.1, 0.15) is 11.9 Å². The summed E-state index contributed by atoms with van der Waals surface area (Å²) in [6.45, 7) is 4.46. The van der Waals surface area contributed by atoms with Crippen LogP contribution in [0.15, 0.2) is 45.3 Å². The van der Waals surface area contributed by atoms with Gasteiger partial charge in [0, 0.05) is 40.8 Å². The first-order valence-corrected chi connectivity index (χ1v) is 10.5. The number of carboxylic acids is 1. The zero-order valence-electron chi connectivity index (χ0n) is 15.8. The lowest BCUT2D eigenvalue weighted by Gasteiger charge is -2.36. The fourth-order valence-electron chi connectivity index (χ4n) is 3.01. The minimum absolute atomic E-state index is 0.298. The van der Waals surface area contributed by atoms with Crippen LogP contribution in [0.3, 0.4) is 0 Å². The zero-order valence-corrected chi connectivity index (χ0v) is 19.0. The van der Waals surface area contributed by atoms with Gasteiger partial charge >= 0.3 is 5.97 Å². The van der Waals surface area contributed by atoms with Crippen molar-refractivity contribution in [2.75, 3.05) is 31.6 Å². The molecule has 0 amide bonds. The molecule has 0 spiro atoms. The van der Waals surface area contributed by atoms with Crippen LogP contribution in [0.5, 0.6) is 0 Å². The summed E-state index contributed by atoms with van der Waals surface area (Å²) in [5.74, 6) is -1.16. The second-order valence-corrected chi connectivity index (χ2v) is 8.17. The maximum Gasteiger partial charge on any atom is 0.327 e. The van der Waals surface area contributed by atoms with Crippen LogP contribution in [0, 0.1) is 12.7 Å². The number of aryl methyl sites for hydroxylation is 1. The third-order valence-electron chi connectivity index (χ3n) is 4.36. The van der Waals surface area contributed by atoms with Crippen LogP contribution in [0.2, 0.25) is 0 Å². The molecule has 2 aromatic carbocycles. The van der Waals surface area contributed by atoms with Crippen molar-refractivity contribution in [3.05, 3.63) is 62.3 Å². The van der Waals surface area contributed by atoms with Crippen molar-refractivity contribution < 1.29 is 14.3 Å². The molecular formula is C20H24Br2FN3O2. The number of carbonyl (C=O) groups is 1. The number of anilines is 1. The molecule has 0 aliphatic carbocycles. The first-order chi connectivity index (χ1) is 13.3. The first kappa shape index (κ1) is 22.8.